The van der Waals surface area contributed by atoms with Gasteiger partial charge < -0.3 is 15.8 Å². The van der Waals surface area contributed by atoms with Crippen LogP contribution in [0.5, 0.6) is 5.75 Å². The highest BCUT2D eigenvalue weighted by Gasteiger charge is 2.14. The van der Waals surface area contributed by atoms with Crippen molar-refractivity contribution in [1.29, 1.82) is 0 Å². The molecule has 2 aromatic carbocycles. The number of ether oxygens (including phenoxy) is 1. The van der Waals surface area contributed by atoms with E-state index < -0.39 is 18.2 Å². The second-order valence-corrected chi connectivity index (χ2v) is 6.61. The average molecular weight is 414 g/mol. The van der Waals surface area contributed by atoms with Crippen molar-refractivity contribution in [3.63, 3.8) is 0 Å². The summed E-state index contributed by atoms with van der Waals surface area (Å²) in [4.78, 5) is 13.1. The number of nitrogens with two attached hydrogens (primary N) is 1. The number of aromatic nitrogens is 4. The van der Waals surface area contributed by atoms with Crippen molar-refractivity contribution in [2.24, 2.45) is 0 Å². The Morgan fingerprint density at radius 3 is 2.57 bits per heavy atom. The number of aryl methyl sites for hydroxylation is 2. The third kappa shape index (κ3) is 3.84. The Morgan fingerprint density at radius 1 is 1.03 bits per heavy atom. The van der Waals surface area contributed by atoms with Gasteiger partial charge in [-0.25, -0.2) is 9.37 Å². The molecule has 0 amide bonds. The molecule has 0 unspecified atom stereocenters. The summed E-state index contributed by atoms with van der Waals surface area (Å²) in [5.74, 6) is -0.0165. The van der Waals surface area contributed by atoms with E-state index in [4.69, 9.17) is 5.73 Å². The van der Waals surface area contributed by atoms with Crippen LogP contribution < -0.4 is 15.8 Å². The van der Waals surface area contributed by atoms with Gasteiger partial charge in [-0.05, 0) is 43.7 Å². The molecule has 0 fully saturated rings. The van der Waals surface area contributed by atoms with Crippen molar-refractivity contribution in [1.82, 2.24) is 19.5 Å². The van der Waals surface area contributed by atoms with E-state index in [9.17, 15) is 13.2 Å². The summed E-state index contributed by atoms with van der Waals surface area (Å²) in [5, 5.41) is 2.83. The Morgan fingerprint density at radius 2 is 1.83 bits per heavy atom. The molecule has 0 saturated heterocycles. The Hall–Kier alpha value is -3.82. The molecular weight excluding hydrogens is 397 g/mol. The third-order valence-corrected chi connectivity index (χ3v) is 4.34. The maximum atomic E-state index is 14.0. The lowest BCUT2D eigenvalue weighted by Gasteiger charge is -2.11. The summed E-state index contributed by atoms with van der Waals surface area (Å²) in [6, 6.07) is 10.9. The number of halogens is 3. The minimum absolute atomic E-state index is 0.111. The van der Waals surface area contributed by atoms with Crippen molar-refractivity contribution < 1.29 is 17.9 Å². The van der Waals surface area contributed by atoms with Gasteiger partial charge in [0.15, 0.2) is 11.6 Å². The van der Waals surface area contributed by atoms with Gasteiger partial charge in [0.2, 0.25) is 5.95 Å². The van der Waals surface area contributed by atoms with Crippen molar-refractivity contribution in [2.45, 2.75) is 20.5 Å². The molecule has 0 spiro atoms. The van der Waals surface area contributed by atoms with Crippen LogP contribution in [0, 0.1) is 19.7 Å². The lowest BCUT2D eigenvalue weighted by atomic mass is 10.2. The second-order valence-electron chi connectivity index (χ2n) is 6.61. The molecule has 2 aromatic heterocycles. The quantitative estimate of drug-likeness (QED) is 0.500. The van der Waals surface area contributed by atoms with Crippen LogP contribution >= 0.6 is 0 Å². The van der Waals surface area contributed by atoms with Gasteiger partial charge in [0, 0.05) is 17.8 Å². The number of hydrogen-bond acceptors (Lipinski definition) is 6. The van der Waals surface area contributed by atoms with E-state index in [-0.39, 0.29) is 17.5 Å². The largest absolute Gasteiger partial charge is 0.432 e. The Balaban J connectivity index is 1.70. The second kappa shape index (κ2) is 7.54. The SMILES string of the molecule is Cc1ccc2c(c1)nc(C)n2-c1cc(N)nc(Nc2ccc(OC(F)F)c(F)c2)n1. The molecule has 0 aliphatic rings. The zero-order valence-corrected chi connectivity index (χ0v) is 16.0. The van der Waals surface area contributed by atoms with Crippen LogP contribution in [0.2, 0.25) is 0 Å². The maximum Gasteiger partial charge on any atom is 0.387 e. The number of imidazole rings is 1. The van der Waals surface area contributed by atoms with Gasteiger partial charge in [-0.15, -0.1) is 0 Å². The van der Waals surface area contributed by atoms with E-state index in [0.29, 0.717) is 11.6 Å². The zero-order chi connectivity index (χ0) is 21.4. The molecule has 154 valence electrons. The fraction of sp³-hybridized carbons (Fsp3) is 0.150. The van der Waals surface area contributed by atoms with Crippen LogP contribution in [0.4, 0.5) is 30.6 Å². The van der Waals surface area contributed by atoms with E-state index in [2.05, 4.69) is 25.0 Å². The van der Waals surface area contributed by atoms with E-state index >= 15 is 0 Å². The standard InChI is InChI=1S/C20H17F3N6O/c1-10-3-5-15-14(7-10)25-11(2)29(15)18-9-17(24)27-20(28-18)26-12-4-6-16(13(21)8-12)30-19(22)23/h3-9,19H,1-2H3,(H3,24,26,27,28). The number of fused-ring (bicyclic) bond motifs is 1. The number of benzene rings is 2. The van der Waals surface area contributed by atoms with Crippen LogP contribution in [0.25, 0.3) is 16.9 Å². The lowest BCUT2D eigenvalue weighted by molar-refractivity contribution is -0.0521. The molecule has 0 atom stereocenters. The minimum atomic E-state index is -3.12. The number of nitrogen functional groups attached to an aromatic ring is 1. The van der Waals surface area contributed by atoms with Gasteiger partial charge in [0.1, 0.15) is 17.5 Å². The summed E-state index contributed by atoms with van der Waals surface area (Å²) in [5.41, 5.74) is 8.93. The Kier molecular flexibility index (Phi) is 4.90. The first kappa shape index (κ1) is 19.5. The predicted molar refractivity (Wildman–Crippen MR) is 107 cm³/mol. The molecular formula is C20H17F3N6O. The normalized spacial score (nSPS) is 11.3. The number of hydrogen-bond donors (Lipinski definition) is 2. The molecule has 4 rings (SSSR count). The Bertz CT molecular complexity index is 1240. The molecule has 0 aliphatic heterocycles. The number of alkyl halides is 2. The molecule has 3 N–H and O–H groups in total. The smallest absolute Gasteiger partial charge is 0.387 e. The van der Waals surface area contributed by atoms with Crippen molar-refractivity contribution in [2.75, 3.05) is 11.1 Å². The number of nitrogens with zero attached hydrogens (tertiary/aromatic N) is 4. The highest BCUT2D eigenvalue weighted by molar-refractivity contribution is 5.79. The molecule has 7 nitrogen and oxygen atoms in total. The lowest BCUT2D eigenvalue weighted by Crippen LogP contribution is -2.07. The van der Waals surface area contributed by atoms with Gasteiger partial charge in [-0.2, -0.15) is 18.7 Å². The summed E-state index contributed by atoms with van der Waals surface area (Å²) in [6.07, 6.45) is 0. The van der Waals surface area contributed by atoms with Gasteiger partial charge in [-0.3, -0.25) is 4.57 Å². The van der Waals surface area contributed by atoms with Gasteiger partial charge in [0.25, 0.3) is 0 Å². The summed E-state index contributed by atoms with van der Waals surface area (Å²) in [6.45, 7) is 0.711. The van der Waals surface area contributed by atoms with Gasteiger partial charge >= 0.3 is 6.61 Å². The van der Waals surface area contributed by atoms with Crippen LogP contribution in [-0.2, 0) is 0 Å². The van der Waals surface area contributed by atoms with E-state index in [1.807, 2.05) is 36.6 Å². The first-order valence-corrected chi connectivity index (χ1v) is 8.92. The maximum absolute atomic E-state index is 14.0. The van der Waals surface area contributed by atoms with Crippen LogP contribution in [0.1, 0.15) is 11.4 Å². The number of nitrogens with one attached hydrogen (secondary N) is 1. The fourth-order valence-corrected chi connectivity index (χ4v) is 3.12. The molecule has 2 heterocycles. The molecule has 0 radical (unpaired) electrons. The third-order valence-electron chi connectivity index (χ3n) is 4.34. The molecule has 0 saturated carbocycles. The first-order valence-electron chi connectivity index (χ1n) is 8.92. The number of rotatable bonds is 5. The van der Waals surface area contributed by atoms with Crippen molar-refractivity contribution in [3.05, 3.63) is 59.7 Å². The van der Waals surface area contributed by atoms with Gasteiger partial charge in [-0.1, -0.05) is 6.07 Å². The van der Waals surface area contributed by atoms with E-state index in [0.717, 1.165) is 28.7 Å². The fourth-order valence-electron chi connectivity index (χ4n) is 3.12. The van der Waals surface area contributed by atoms with Gasteiger partial charge in [0.05, 0.1) is 11.0 Å². The summed E-state index contributed by atoms with van der Waals surface area (Å²) < 4.78 is 44.5. The van der Waals surface area contributed by atoms with Crippen LogP contribution in [0.3, 0.4) is 0 Å². The zero-order valence-electron chi connectivity index (χ0n) is 16.0. The van der Waals surface area contributed by atoms with Crippen LogP contribution in [0.15, 0.2) is 42.5 Å². The topological polar surface area (TPSA) is 90.9 Å². The summed E-state index contributed by atoms with van der Waals surface area (Å²) >= 11 is 0. The molecule has 0 bridgehead atoms. The Labute approximate surface area is 169 Å². The molecule has 30 heavy (non-hydrogen) atoms. The molecule has 4 aromatic rings. The predicted octanol–water partition coefficient (Wildman–Crippen LogP) is 4.50. The van der Waals surface area contributed by atoms with E-state index in [1.54, 1.807) is 6.07 Å². The molecule has 0 aliphatic carbocycles. The monoisotopic (exact) mass is 414 g/mol. The number of anilines is 3. The van der Waals surface area contributed by atoms with Crippen LogP contribution in [-0.4, -0.2) is 26.1 Å². The highest BCUT2D eigenvalue weighted by Crippen LogP contribution is 2.26. The highest BCUT2D eigenvalue weighted by atomic mass is 19.3. The average Bonchev–Trinajstić information content (AvgIpc) is 2.98. The van der Waals surface area contributed by atoms with Crippen molar-refractivity contribution >= 4 is 28.5 Å². The first-order chi connectivity index (χ1) is 14.3. The molecule has 10 heteroatoms. The minimum Gasteiger partial charge on any atom is -0.432 e. The van der Waals surface area contributed by atoms with Crippen molar-refractivity contribution in [3.8, 4) is 11.6 Å². The van der Waals surface area contributed by atoms with E-state index in [1.165, 1.54) is 6.07 Å². The summed E-state index contributed by atoms with van der Waals surface area (Å²) in [7, 11) is 0.